The van der Waals surface area contributed by atoms with Gasteiger partial charge in [0.15, 0.2) is 11.2 Å². The van der Waals surface area contributed by atoms with Gasteiger partial charge >= 0.3 is 25.8 Å². The Balaban J connectivity index is 3.54. The first-order chi connectivity index (χ1) is 14.4. The molecule has 0 heterocycles. The Hall–Kier alpha value is -1.71. The summed E-state index contributed by atoms with van der Waals surface area (Å²) < 4.78 is 54.7. The summed E-state index contributed by atoms with van der Waals surface area (Å²) in [6, 6.07) is 0. The van der Waals surface area contributed by atoms with Gasteiger partial charge in [-0.25, -0.2) is 18.8 Å². The number of methoxy groups -OCH3 is 1. The summed E-state index contributed by atoms with van der Waals surface area (Å²) in [7, 11) is -3.02. The molecule has 1 aliphatic carbocycles. The van der Waals surface area contributed by atoms with E-state index in [0.717, 1.165) is 7.11 Å². The lowest BCUT2D eigenvalue weighted by Crippen LogP contribution is -2.57. The Bertz CT molecular complexity index is 738. The zero-order chi connectivity index (χ0) is 25.2. The summed E-state index contributed by atoms with van der Waals surface area (Å²) >= 11 is 0. The first kappa shape index (κ1) is 28.3. The minimum Gasteiger partial charge on any atom is -0.467 e. The van der Waals surface area contributed by atoms with E-state index in [1.807, 2.05) is 0 Å². The molecule has 0 aromatic carbocycles. The fourth-order valence-electron chi connectivity index (χ4n) is 3.17. The van der Waals surface area contributed by atoms with E-state index in [1.54, 1.807) is 13.8 Å². The first-order valence-corrected chi connectivity index (χ1v) is 12.0. The molecule has 0 unspecified atom stereocenters. The number of halogens is 1. The van der Waals surface area contributed by atoms with Crippen molar-refractivity contribution in [2.45, 2.75) is 84.2 Å². The molecule has 0 spiro atoms. The lowest BCUT2D eigenvalue weighted by atomic mass is 10.1. The van der Waals surface area contributed by atoms with Crippen LogP contribution in [0.15, 0.2) is 0 Å². The van der Waals surface area contributed by atoms with Crippen molar-refractivity contribution in [2.24, 2.45) is 0 Å². The van der Waals surface area contributed by atoms with E-state index in [0.29, 0.717) is 0 Å². The summed E-state index contributed by atoms with van der Waals surface area (Å²) in [5, 5.41) is 0. The number of alkyl halides is 1. The molecule has 1 aliphatic rings. The second kappa shape index (κ2) is 9.65. The summed E-state index contributed by atoms with van der Waals surface area (Å²) in [5.41, 5.74) is -7.27. The minimum absolute atomic E-state index is 0.0412. The van der Waals surface area contributed by atoms with Gasteiger partial charge < -0.3 is 23.3 Å². The smallest absolute Gasteiger partial charge is 0.420 e. The van der Waals surface area contributed by atoms with Crippen LogP contribution >= 0.6 is 7.60 Å². The van der Waals surface area contributed by atoms with Crippen molar-refractivity contribution in [3.8, 4) is 0 Å². The van der Waals surface area contributed by atoms with Crippen molar-refractivity contribution in [3.05, 3.63) is 0 Å². The Labute approximate surface area is 188 Å². The van der Waals surface area contributed by atoms with Crippen molar-refractivity contribution in [2.75, 3.05) is 26.5 Å². The van der Waals surface area contributed by atoms with Crippen LogP contribution in [-0.4, -0.2) is 72.0 Å². The third kappa shape index (κ3) is 6.42. The highest BCUT2D eigenvalue weighted by molar-refractivity contribution is 7.54. The van der Waals surface area contributed by atoms with Crippen LogP contribution in [0.25, 0.3) is 0 Å². The third-order valence-electron chi connectivity index (χ3n) is 4.31. The number of carbonyl (C=O) groups is 3. The standard InChI is InChI=1S/C20H35FNO9P/c1-10-28-32(26,29-11-2)13-19(21)12-20(19,14(23)27-9)22(15(24)30-17(3,4)5)16(25)31-18(6,7)8/h10-13H2,1-9H3/t19-,20-/m1/s1. The molecule has 1 rings (SSSR count). The van der Waals surface area contributed by atoms with Crippen molar-refractivity contribution < 1.29 is 46.6 Å². The van der Waals surface area contributed by atoms with Crippen molar-refractivity contribution in [1.82, 2.24) is 4.90 Å². The monoisotopic (exact) mass is 483 g/mol. The number of nitrogens with zero attached hydrogens (tertiary/aromatic N) is 1. The van der Waals surface area contributed by atoms with Gasteiger partial charge in [-0.3, -0.25) is 4.57 Å². The van der Waals surface area contributed by atoms with Gasteiger partial charge in [0.25, 0.3) is 0 Å². The number of imide groups is 1. The maximum absolute atomic E-state index is 16.1. The average molecular weight is 483 g/mol. The quantitative estimate of drug-likeness (QED) is 0.280. The third-order valence-corrected chi connectivity index (χ3v) is 6.50. The largest absolute Gasteiger partial charge is 0.467 e. The second-order valence-electron chi connectivity index (χ2n) is 9.39. The molecule has 186 valence electrons. The number of esters is 1. The maximum atomic E-state index is 16.1. The van der Waals surface area contributed by atoms with Crippen LogP contribution in [0.4, 0.5) is 14.0 Å². The van der Waals surface area contributed by atoms with Gasteiger partial charge in [0, 0.05) is 6.42 Å². The normalized spacial score (nSPS) is 23.3. The molecule has 10 nitrogen and oxygen atoms in total. The van der Waals surface area contributed by atoms with Crippen LogP contribution < -0.4 is 0 Å². The number of rotatable bonds is 8. The van der Waals surface area contributed by atoms with Crippen LogP contribution in [-0.2, 0) is 32.6 Å². The highest BCUT2D eigenvalue weighted by Gasteiger charge is 2.82. The molecule has 12 heteroatoms. The van der Waals surface area contributed by atoms with Crippen molar-refractivity contribution in [3.63, 3.8) is 0 Å². The SMILES string of the molecule is CCOP(=O)(C[C@]1(F)C[C@]1(C(=O)OC)N(C(=O)OC(C)(C)C)C(=O)OC(C)(C)C)OCC. The van der Waals surface area contributed by atoms with E-state index in [4.69, 9.17) is 23.3 Å². The van der Waals surface area contributed by atoms with Gasteiger partial charge in [0.05, 0.1) is 26.5 Å². The molecule has 0 saturated heterocycles. The van der Waals surface area contributed by atoms with Crippen molar-refractivity contribution >= 4 is 25.8 Å². The maximum Gasteiger partial charge on any atom is 0.420 e. The number of ether oxygens (including phenoxy) is 3. The van der Waals surface area contributed by atoms with Gasteiger partial charge in [-0.15, -0.1) is 0 Å². The predicted octanol–water partition coefficient (Wildman–Crippen LogP) is 4.45. The van der Waals surface area contributed by atoms with E-state index >= 15 is 4.39 Å². The van der Waals surface area contributed by atoms with Gasteiger partial charge in [0.2, 0.25) is 0 Å². The van der Waals surface area contributed by atoms with Crippen LogP contribution in [0.3, 0.4) is 0 Å². The molecule has 0 aromatic rings. The summed E-state index contributed by atoms with van der Waals surface area (Å²) in [6.45, 7) is 12.2. The lowest BCUT2D eigenvalue weighted by Gasteiger charge is -2.34. The molecule has 1 fully saturated rings. The second-order valence-corrected chi connectivity index (χ2v) is 11.4. The zero-order valence-electron chi connectivity index (χ0n) is 20.3. The fraction of sp³-hybridized carbons (Fsp3) is 0.850. The molecule has 32 heavy (non-hydrogen) atoms. The fourth-order valence-corrected chi connectivity index (χ4v) is 5.20. The Morgan fingerprint density at radius 3 is 1.66 bits per heavy atom. The van der Waals surface area contributed by atoms with Crippen LogP contribution in [0.1, 0.15) is 61.8 Å². The Morgan fingerprint density at radius 2 is 1.34 bits per heavy atom. The van der Waals surface area contributed by atoms with Gasteiger partial charge in [-0.2, -0.15) is 4.90 Å². The van der Waals surface area contributed by atoms with E-state index < -0.39 is 60.7 Å². The van der Waals surface area contributed by atoms with Crippen molar-refractivity contribution in [1.29, 1.82) is 0 Å². The highest BCUT2D eigenvalue weighted by atomic mass is 31.2. The summed E-state index contributed by atoms with van der Waals surface area (Å²) in [6.07, 6.45) is -4.17. The number of hydrogen-bond acceptors (Lipinski definition) is 9. The first-order valence-electron chi connectivity index (χ1n) is 10.3. The number of carbonyl (C=O) groups excluding carboxylic acids is 3. The molecule has 0 bridgehead atoms. The molecule has 0 aromatic heterocycles. The van der Waals surface area contributed by atoms with Crippen LogP contribution in [0, 0.1) is 0 Å². The average Bonchev–Trinajstić information content (AvgIpc) is 3.15. The molecule has 0 aliphatic heterocycles. The van der Waals surface area contributed by atoms with Gasteiger partial charge in [0.1, 0.15) is 11.2 Å². The van der Waals surface area contributed by atoms with Crippen LogP contribution in [0.2, 0.25) is 0 Å². The van der Waals surface area contributed by atoms with E-state index in [9.17, 15) is 18.9 Å². The summed E-state index contributed by atoms with van der Waals surface area (Å²) in [4.78, 5) is 39.1. The molecular weight excluding hydrogens is 448 g/mol. The molecule has 0 radical (unpaired) electrons. The summed E-state index contributed by atoms with van der Waals surface area (Å²) in [5.74, 6) is -1.23. The van der Waals surface area contributed by atoms with E-state index in [2.05, 4.69) is 0 Å². The minimum atomic E-state index is -4.00. The lowest BCUT2D eigenvalue weighted by molar-refractivity contribution is -0.150. The Morgan fingerprint density at radius 1 is 0.938 bits per heavy atom. The molecule has 0 N–H and O–H groups in total. The van der Waals surface area contributed by atoms with E-state index in [-0.39, 0.29) is 18.1 Å². The number of hydrogen-bond donors (Lipinski definition) is 0. The van der Waals surface area contributed by atoms with E-state index in [1.165, 1.54) is 41.5 Å². The molecule has 1 saturated carbocycles. The molecule has 2 amide bonds. The Kier molecular flexibility index (Phi) is 8.54. The zero-order valence-corrected chi connectivity index (χ0v) is 21.2. The topological polar surface area (TPSA) is 118 Å². The van der Waals surface area contributed by atoms with Crippen LogP contribution in [0.5, 0.6) is 0 Å². The highest BCUT2D eigenvalue weighted by Crippen LogP contribution is 2.65. The molecular formula is C20H35FNO9P. The van der Waals surface area contributed by atoms with Gasteiger partial charge in [-0.05, 0) is 55.4 Å². The van der Waals surface area contributed by atoms with Gasteiger partial charge in [-0.1, -0.05) is 0 Å². The molecule has 2 atom stereocenters. The number of amides is 2. The predicted molar refractivity (Wildman–Crippen MR) is 113 cm³/mol.